The number of alkyl carbamates (subject to hydrolysis) is 1. The highest BCUT2D eigenvalue weighted by atomic mass is 16.5. The molecule has 2 aromatic rings. The molecule has 7 nitrogen and oxygen atoms in total. The number of rotatable bonds is 8. The number of unbranched alkanes of at least 4 members (excludes halogenated alkanes) is 1. The van der Waals surface area contributed by atoms with Gasteiger partial charge >= 0.3 is 12.1 Å². The van der Waals surface area contributed by atoms with Crippen molar-refractivity contribution in [1.82, 2.24) is 10.2 Å². The predicted octanol–water partition coefficient (Wildman–Crippen LogP) is 4.02. The van der Waals surface area contributed by atoms with Crippen molar-refractivity contribution < 1.29 is 24.2 Å². The zero-order valence-corrected chi connectivity index (χ0v) is 18.7. The van der Waals surface area contributed by atoms with Gasteiger partial charge in [-0.15, -0.1) is 0 Å². The maximum Gasteiger partial charge on any atom is 0.407 e. The van der Waals surface area contributed by atoms with Crippen molar-refractivity contribution in [2.45, 2.75) is 38.0 Å². The number of carboxylic acid groups (broad SMARTS) is 1. The van der Waals surface area contributed by atoms with Gasteiger partial charge in [0, 0.05) is 32.0 Å². The molecule has 1 aliphatic carbocycles. The smallest absolute Gasteiger partial charge is 0.407 e. The highest BCUT2D eigenvalue weighted by Gasteiger charge is 2.29. The van der Waals surface area contributed by atoms with Crippen LogP contribution < -0.4 is 5.32 Å². The van der Waals surface area contributed by atoms with Gasteiger partial charge in [0.2, 0.25) is 5.91 Å². The molecule has 0 aromatic heterocycles. The van der Waals surface area contributed by atoms with E-state index in [0.29, 0.717) is 45.3 Å². The number of ether oxygens (including phenoxy) is 1. The molecule has 0 saturated carbocycles. The maximum absolute atomic E-state index is 12.3. The Balaban J connectivity index is 1.17. The normalized spacial score (nSPS) is 17.2. The number of piperidine rings is 1. The first kappa shape index (κ1) is 22.8. The number of amides is 2. The SMILES string of the molecule is O=C(NCCCCC(=O)N1CCC[C@H](C(=O)O)C1)OCC1c2ccccc2-c2ccccc21. The largest absolute Gasteiger partial charge is 0.481 e. The van der Waals surface area contributed by atoms with Crippen LogP contribution in [0.5, 0.6) is 0 Å². The molecule has 0 spiro atoms. The fraction of sp³-hybridized carbons (Fsp3) is 0.423. The van der Waals surface area contributed by atoms with Crippen molar-refractivity contribution in [3.05, 3.63) is 59.7 Å². The standard InChI is InChI=1S/C26H30N2O5/c29-24(28-15-7-8-18(16-28)25(30)31)13-5-6-14-27-26(32)33-17-23-21-11-3-1-9-19(21)20-10-2-4-12-22(20)23/h1-4,9-12,18,23H,5-8,13-17H2,(H,27,32)(H,30,31)/t18-/m0/s1. The molecule has 174 valence electrons. The summed E-state index contributed by atoms with van der Waals surface area (Å²) in [6.07, 6.45) is 2.56. The number of hydrogen-bond donors (Lipinski definition) is 2. The van der Waals surface area contributed by atoms with Crippen molar-refractivity contribution in [3.63, 3.8) is 0 Å². The summed E-state index contributed by atoms with van der Waals surface area (Å²) in [5.41, 5.74) is 4.73. The van der Waals surface area contributed by atoms with Crippen LogP contribution in [0.1, 0.15) is 49.1 Å². The van der Waals surface area contributed by atoms with E-state index < -0.39 is 18.0 Å². The lowest BCUT2D eigenvalue weighted by Crippen LogP contribution is -2.42. The van der Waals surface area contributed by atoms with E-state index in [0.717, 1.165) is 6.42 Å². The van der Waals surface area contributed by atoms with Gasteiger partial charge in [-0.3, -0.25) is 9.59 Å². The zero-order valence-electron chi connectivity index (χ0n) is 18.7. The summed E-state index contributed by atoms with van der Waals surface area (Å²) in [7, 11) is 0. The molecule has 2 amide bonds. The average Bonchev–Trinajstić information content (AvgIpc) is 3.16. The average molecular weight is 451 g/mol. The van der Waals surface area contributed by atoms with Gasteiger partial charge < -0.3 is 20.1 Å². The topological polar surface area (TPSA) is 95.9 Å². The van der Waals surface area contributed by atoms with E-state index in [9.17, 15) is 14.4 Å². The van der Waals surface area contributed by atoms with Crippen LogP contribution in [0.3, 0.4) is 0 Å². The molecule has 2 N–H and O–H groups in total. The number of nitrogens with zero attached hydrogens (tertiary/aromatic N) is 1. The van der Waals surface area contributed by atoms with E-state index in [4.69, 9.17) is 9.84 Å². The van der Waals surface area contributed by atoms with Gasteiger partial charge in [0.05, 0.1) is 5.92 Å². The molecule has 1 aliphatic heterocycles. The Morgan fingerprint density at radius 1 is 1.00 bits per heavy atom. The van der Waals surface area contributed by atoms with Crippen LogP contribution in [-0.2, 0) is 14.3 Å². The second-order valence-electron chi connectivity index (χ2n) is 8.73. The van der Waals surface area contributed by atoms with Gasteiger partial charge in [-0.25, -0.2) is 4.79 Å². The summed E-state index contributed by atoms with van der Waals surface area (Å²) in [6.45, 7) is 1.63. The second kappa shape index (κ2) is 10.5. The van der Waals surface area contributed by atoms with Crippen LogP contribution in [0, 0.1) is 5.92 Å². The predicted molar refractivity (Wildman–Crippen MR) is 124 cm³/mol. The fourth-order valence-corrected chi connectivity index (χ4v) is 4.80. The van der Waals surface area contributed by atoms with Crippen molar-refractivity contribution in [1.29, 1.82) is 0 Å². The van der Waals surface area contributed by atoms with E-state index in [1.807, 2.05) is 24.3 Å². The quantitative estimate of drug-likeness (QED) is 0.592. The number of likely N-dealkylation sites (tertiary alicyclic amines) is 1. The number of fused-ring (bicyclic) bond motifs is 3. The molecule has 1 saturated heterocycles. The van der Waals surface area contributed by atoms with E-state index >= 15 is 0 Å². The van der Waals surface area contributed by atoms with Crippen LogP contribution in [-0.4, -0.2) is 54.2 Å². The molecular weight excluding hydrogens is 420 g/mol. The lowest BCUT2D eigenvalue weighted by Gasteiger charge is -2.30. The molecule has 0 radical (unpaired) electrons. The van der Waals surface area contributed by atoms with Crippen LogP contribution >= 0.6 is 0 Å². The van der Waals surface area contributed by atoms with Crippen LogP contribution in [0.2, 0.25) is 0 Å². The highest BCUT2D eigenvalue weighted by Crippen LogP contribution is 2.44. The van der Waals surface area contributed by atoms with E-state index in [1.54, 1.807) is 4.90 Å². The van der Waals surface area contributed by atoms with Crippen LogP contribution in [0.25, 0.3) is 11.1 Å². The third-order valence-corrected chi connectivity index (χ3v) is 6.55. The Morgan fingerprint density at radius 3 is 2.33 bits per heavy atom. The van der Waals surface area contributed by atoms with E-state index in [-0.39, 0.29) is 18.4 Å². The lowest BCUT2D eigenvalue weighted by molar-refractivity contribution is -0.145. The van der Waals surface area contributed by atoms with Gasteiger partial charge in [-0.2, -0.15) is 0 Å². The van der Waals surface area contributed by atoms with Gasteiger partial charge in [-0.1, -0.05) is 48.5 Å². The Labute approximate surface area is 193 Å². The third kappa shape index (κ3) is 5.35. The summed E-state index contributed by atoms with van der Waals surface area (Å²) in [5.74, 6) is -1.28. The Kier molecular flexibility index (Phi) is 7.27. The highest BCUT2D eigenvalue weighted by molar-refractivity contribution is 5.79. The molecule has 1 atom stereocenters. The van der Waals surface area contributed by atoms with Gasteiger partial charge in [-0.05, 0) is 47.9 Å². The second-order valence-corrected chi connectivity index (χ2v) is 8.73. The van der Waals surface area contributed by atoms with Gasteiger partial charge in [0.1, 0.15) is 6.61 Å². The molecular formula is C26H30N2O5. The first-order valence-corrected chi connectivity index (χ1v) is 11.6. The zero-order chi connectivity index (χ0) is 23.2. The summed E-state index contributed by atoms with van der Waals surface area (Å²) < 4.78 is 5.52. The first-order valence-electron chi connectivity index (χ1n) is 11.6. The van der Waals surface area contributed by atoms with Gasteiger partial charge in [0.25, 0.3) is 0 Å². The minimum Gasteiger partial charge on any atom is -0.481 e. The molecule has 4 rings (SSSR count). The third-order valence-electron chi connectivity index (χ3n) is 6.55. The van der Waals surface area contributed by atoms with Crippen LogP contribution in [0.15, 0.2) is 48.5 Å². The molecule has 7 heteroatoms. The minimum absolute atomic E-state index is 0.0120. The number of carboxylic acids is 1. The van der Waals surface area contributed by atoms with E-state index in [1.165, 1.54) is 22.3 Å². The molecule has 0 unspecified atom stereocenters. The fourth-order valence-electron chi connectivity index (χ4n) is 4.80. The Hall–Kier alpha value is -3.35. The summed E-state index contributed by atoms with van der Waals surface area (Å²) in [4.78, 5) is 37.3. The van der Waals surface area contributed by atoms with Crippen molar-refractivity contribution in [3.8, 4) is 11.1 Å². The number of nitrogens with one attached hydrogen (secondary N) is 1. The minimum atomic E-state index is -0.834. The monoisotopic (exact) mass is 450 g/mol. The van der Waals surface area contributed by atoms with Crippen molar-refractivity contribution in [2.75, 3.05) is 26.2 Å². The molecule has 1 heterocycles. The van der Waals surface area contributed by atoms with E-state index in [2.05, 4.69) is 29.6 Å². The lowest BCUT2D eigenvalue weighted by atomic mass is 9.98. The Bertz CT molecular complexity index is 976. The number of hydrogen-bond acceptors (Lipinski definition) is 4. The summed E-state index contributed by atoms with van der Waals surface area (Å²) in [6, 6.07) is 16.4. The van der Waals surface area contributed by atoms with Crippen molar-refractivity contribution in [2.24, 2.45) is 5.92 Å². The molecule has 33 heavy (non-hydrogen) atoms. The summed E-state index contributed by atoms with van der Waals surface area (Å²) >= 11 is 0. The summed E-state index contributed by atoms with van der Waals surface area (Å²) in [5, 5.41) is 11.9. The van der Waals surface area contributed by atoms with Gasteiger partial charge in [0.15, 0.2) is 0 Å². The number of aliphatic carboxylic acids is 1. The molecule has 2 aromatic carbocycles. The maximum atomic E-state index is 12.3. The molecule has 1 fully saturated rings. The van der Waals surface area contributed by atoms with Crippen molar-refractivity contribution >= 4 is 18.0 Å². The first-order chi connectivity index (χ1) is 16.0. The van der Waals surface area contributed by atoms with Crippen LogP contribution in [0.4, 0.5) is 4.79 Å². The number of benzene rings is 2. The Morgan fingerprint density at radius 2 is 1.67 bits per heavy atom. The molecule has 2 aliphatic rings. The number of carbonyl (C=O) groups excluding carboxylic acids is 2. The number of carbonyl (C=O) groups is 3. The molecule has 0 bridgehead atoms.